The van der Waals surface area contributed by atoms with E-state index in [0.717, 1.165) is 10.9 Å². The van der Waals surface area contributed by atoms with Crippen LogP contribution in [-0.2, 0) is 16.6 Å². The van der Waals surface area contributed by atoms with Crippen LogP contribution in [0, 0.1) is 5.82 Å². The maximum Gasteiger partial charge on any atom is 0.244 e. The number of hydrogen-bond acceptors (Lipinski definition) is 8. The van der Waals surface area contributed by atoms with Gasteiger partial charge in [0.05, 0.1) is 18.3 Å². The Morgan fingerprint density at radius 1 is 1.03 bits per heavy atom. The van der Waals surface area contributed by atoms with Gasteiger partial charge in [0.1, 0.15) is 11.5 Å². The van der Waals surface area contributed by atoms with Gasteiger partial charge in [-0.05, 0) is 24.3 Å². The number of pyridine rings is 1. The standard InChI is InChI=1S/C24H20FN7O3S/c25-19-7-3-1-5-16(19)14-32-20-8-4-2-6-18(20)22(31-32)24-28-13-21(35-15-36(26,33)34)23(30-24)29-17-9-11-27-12-10-17/h1-13H,14-15H2,(H2,26,33,34)(H,27,28,29,30). The number of nitrogens with zero attached hydrogens (tertiary/aromatic N) is 5. The van der Waals surface area contributed by atoms with E-state index < -0.39 is 16.0 Å². The maximum absolute atomic E-state index is 14.3. The van der Waals surface area contributed by atoms with Crippen molar-refractivity contribution in [3.05, 3.63) is 90.6 Å². The first-order valence-electron chi connectivity index (χ1n) is 10.7. The second-order valence-corrected chi connectivity index (χ2v) is 9.37. The first kappa shape index (κ1) is 23.3. The van der Waals surface area contributed by atoms with E-state index in [1.54, 1.807) is 47.4 Å². The van der Waals surface area contributed by atoms with Gasteiger partial charge in [0.15, 0.2) is 17.4 Å². The third-order valence-electron chi connectivity index (χ3n) is 5.22. The van der Waals surface area contributed by atoms with E-state index in [1.807, 2.05) is 24.3 Å². The summed E-state index contributed by atoms with van der Waals surface area (Å²) >= 11 is 0. The Morgan fingerprint density at radius 3 is 2.56 bits per heavy atom. The molecule has 12 heteroatoms. The van der Waals surface area contributed by atoms with Crippen molar-refractivity contribution in [3.63, 3.8) is 0 Å². The summed E-state index contributed by atoms with van der Waals surface area (Å²) in [5.41, 5.74) is 2.38. The lowest BCUT2D eigenvalue weighted by Crippen LogP contribution is -2.21. The molecule has 5 aromatic rings. The molecule has 5 rings (SSSR count). The molecule has 0 amide bonds. The molecule has 0 aliphatic carbocycles. The monoisotopic (exact) mass is 505 g/mol. The first-order valence-corrected chi connectivity index (χ1v) is 12.5. The van der Waals surface area contributed by atoms with Crippen molar-refractivity contribution < 1.29 is 17.5 Å². The molecule has 3 N–H and O–H groups in total. The number of sulfonamides is 1. The van der Waals surface area contributed by atoms with Crippen molar-refractivity contribution in [3.8, 4) is 17.3 Å². The third kappa shape index (κ3) is 5.14. The summed E-state index contributed by atoms with van der Waals surface area (Å²) in [4.78, 5) is 12.9. The minimum Gasteiger partial charge on any atom is -0.471 e. The molecule has 0 saturated heterocycles. The van der Waals surface area contributed by atoms with Crippen molar-refractivity contribution in [2.24, 2.45) is 5.14 Å². The molecule has 2 aromatic carbocycles. The van der Waals surface area contributed by atoms with Crippen molar-refractivity contribution in [1.82, 2.24) is 24.7 Å². The first-order chi connectivity index (χ1) is 17.4. The zero-order valence-corrected chi connectivity index (χ0v) is 19.6. The summed E-state index contributed by atoms with van der Waals surface area (Å²) < 4.78 is 44.2. The van der Waals surface area contributed by atoms with E-state index in [0.29, 0.717) is 16.9 Å². The zero-order chi connectivity index (χ0) is 25.1. The van der Waals surface area contributed by atoms with E-state index in [1.165, 1.54) is 12.3 Å². The highest BCUT2D eigenvalue weighted by atomic mass is 32.2. The predicted molar refractivity (Wildman–Crippen MR) is 132 cm³/mol. The normalized spacial score (nSPS) is 11.5. The lowest BCUT2D eigenvalue weighted by molar-refractivity contribution is 0.376. The number of ether oxygens (including phenoxy) is 1. The molecule has 3 aromatic heterocycles. The predicted octanol–water partition coefficient (Wildman–Crippen LogP) is 3.44. The van der Waals surface area contributed by atoms with Gasteiger partial charge in [-0.3, -0.25) is 9.67 Å². The topological polar surface area (TPSA) is 138 Å². The highest BCUT2D eigenvalue weighted by molar-refractivity contribution is 7.88. The fourth-order valence-electron chi connectivity index (χ4n) is 3.60. The van der Waals surface area contributed by atoms with Gasteiger partial charge in [-0.2, -0.15) is 5.10 Å². The molecule has 0 unspecified atom stereocenters. The number of aromatic nitrogens is 5. The van der Waals surface area contributed by atoms with Crippen LogP contribution in [0.25, 0.3) is 22.4 Å². The van der Waals surface area contributed by atoms with Gasteiger partial charge in [-0.1, -0.05) is 36.4 Å². The van der Waals surface area contributed by atoms with Crippen molar-refractivity contribution in [1.29, 1.82) is 0 Å². The molecule has 0 saturated carbocycles. The van der Waals surface area contributed by atoms with Crippen molar-refractivity contribution in [2.45, 2.75) is 6.54 Å². The highest BCUT2D eigenvalue weighted by Gasteiger charge is 2.19. The number of nitrogens with two attached hydrogens (primary N) is 1. The number of primary sulfonamides is 1. The molecule has 0 aliphatic rings. The molecular formula is C24H20FN7O3S. The Bertz CT molecular complexity index is 1640. The van der Waals surface area contributed by atoms with Crippen LogP contribution >= 0.6 is 0 Å². The van der Waals surface area contributed by atoms with Crippen LogP contribution in [0.5, 0.6) is 5.75 Å². The summed E-state index contributed by atoms with van der Waals surface area (Å²) in [6.07, 6.45) is 4.53. The van der Waals surface area contributed by atoms with Crippen LogP contribution in [0.3, 0.4) is 0 Å². The number of benzene rings is 2. The van der Waals surface area contributed by atoms with Crippen molar-refractivity contribution in [2.75, 3.05) is 11.3 Å². The van der Waals surface area contributed by atoms with Gasteiger partial charge in [0, 0.05) is 29.0 Å². The molecular weight excluding hydrogens is 485 g/mol. The van der Waals surface area contributed by atoms with Crippen LogP contribution in [0.1, 0.15) is 5.56 Å². The van der Waals surface area contributed by atoms with Crippen LogP contribution < -0.4 is 15.2 Å². The maximum atomic E-state index is 14.3. The second-order valence-electron chi connectivity index (χ2n) is 7.81. The fourth-order valence-corrected chi connectivity index (χ4v) is 3.89. The van der Waals surface area contributed by atoms with Crippen LogP contribution in [-0.4, -0.2) is 39.1 Å². The molecule has 0 aliphatic heterocycles. The zero-order valence-electron chi connectivity index (χ0n) is 18.7. The van der Waals surface area contributed by atoms with Crippen LogP contribution in [0.4, 0.5) is 15.9 Å². The minimum absolute atomic E-state index is 0.0830. The summed E-state index contributed by atoms with van der Waals surface area (Å²) in [5.74, 6) is -0.517. The SMILES string of the molecule is NS(=O)(=O)COc1cnc(-c2nn(Cc3ccccc3F)c3ccccc23)nc1Nc1ccncc1. The average Bonchev–Trinajstić information content (AvgIpc) is 3.23. The lowest BCUT2D eigenvalue weighted by atomic mass is 10.2. The number of nitrogens with one attached hydrogen (secondary N) is 1. The third-order valence-corrected chi connectivity index (χ3v) is 5.67. The van der Waals surface area contributed by atoms with Gasteiger partial charge >= 0.3 is 0 Å². The number of fused-ring (bicyclic) bond motifs is 1. The Kier molecular flexibility index (Phi) is 6.27. The smallest absolute Gasteiger partial charge is 0.244 e. The minimum atomic E-state index is -3.89. The summed E-state index contributed by atoms with van der Waals surface area (Å²) in [5, 5.41) is 13.6. The molecule has 0 fully saturated rings. The van der Waals surface area contributed by atoms with Crippen LogP contribution in [0.15, 0.2) is 79.3 Å². The van der Waals surface area contributed by atoms with Gasteiger partial charge in [0.25, 0.3) is 0 Å². The molecule has 10 nitrogen and oxygen atoms in total. The van der Waals surface area contributed by atoms with Crippen LogP contribution in [0.2, 0.25) is 0 Å². The Labute approximate surface area is 205 Å². The number of anilines is 2. The van der Waals surface area contributed by atoms with E-state index in [2.05, 4.69) is 25.4 Å². The molecule has 36 heavy (non-hydrogen) atoms. The fraction of sp³-hybridized carbons (Fsp3) is 0.0833. The largest absolute Gasteiger partial charge is 0.471 e. The number of hydrogen-bond donors (Lipinski definition) is 2. The number of rotatable bonds is 8. The number of halogens is 1. The highest BCUT2D eigenvalue weighted by Crippen LogP contribution is 2.31. The molecule has 0 spiro atoms. The molecule has 3 heterocycles. The van der Waals surface area contributed by atoms with E-state index >= 15 is 0 Å². The Morgan fingerprint density at radius 2 is 1.78 bits per heavy atom. The van der Waals surface area contributed by atoms with Gasteiger partial charge in [0.2, 0.25) is 16.0 Å². The van der Waals surface area contributed by atoms with E-state index in [4.69, 9.17) is 9.88 Å². The Balaban J connectivity index is 1.58. The van der Waals surface area contributed by atoms with E-state index in [-0.39, 0.29) is 29.8 Å². The summed E-state index contributed by atoms with van der Waals surface area (Å²) in [7, 11) is -3.89. The lowest BCUT2D eigenvalue weighted by Gasteiger charge is -2.12. The van der Waals surface area contributed by atoms with Gasteiger partial charge in [-0.15, -0.1) is 0 Å². The van der Waals surface area contributed by atoms with Gasteiger partial charge in [-0.25, -0.2) is 27.9 Å². The van der Waals surface area contributed by atoms with Crippen molar-refractivity contribution >= 4 is 32.4 Å². The number of para-hydroxylation sites is 1. The molecule has 0 radical (unpaired) electrons. The summed E-state index contributed by atoms with van der Waals surface area (Å²) in [6.45, 7) is 0.213. The molecule has 0 bridgehead atoms. The second kappa shape index (κ2) is 9.68. The van der Waals surface area contributed by atoms with Gasteiger partial charge < -0.3 is 10.1 Å². The Hall–Kier alpha value is -4.42. The molecule has 0 atom stereocenters. The van der Waals surface area contributed by atoms with E-state index in [9.17, 15) is 12.8 Å². The molecule has 182 valence electrons. The quantitative estimate of drug-likeness (QED) is 0.327. The summed E-state index contributed by atoms with van der Waals surface area (Å²) in [6, 6.07) is 17.4. The average molecular weight is 506 g/mol.